The number of urea groups is 1. The fourth-order valence-corrected chi connectivity index (χ4v) is 1.93. The van der Waals surface area contributed by atoms with E-state index in [2.05, 4.69) is 29.5 Å². The smallest absolute Gasteiger partial charge is 0.314 e. The van der Waals surface area contributed by atoms with E-state index in [0.29, 0.717) is 6.54 Å². The Morgan fingerprint density at radius 1 is 1.37 bits per heavy atom. The van der Waals surface area contributed by atoms with E-state index < -0.39 is 0 Å². The predicted octanol–water partition coefficient (Wildman–Crippen LogP) is 2.54. The number of hydrogen-bond donors (Lipinski definition) is 2. The lowest BCUT2D eigenvalue weighted by Gasteiger charge is -2.14. The first kappa shape index (κ1) is 15.5. The lowest BCUT2D eigenvalue weighted by atomic mass is 10.1. The average molecular weight is 266 g/mol. The van der Waals surface area contributed by atoms with Gasteiger partial charge in [-0.3, -0.25) is 0 Å². The summed E-state index contributed by atoms with van der Waals surface area (Å²) in [6.45, 7) is 5.81. The molecule has 0 aliphatic rings. The largest absolute Gasteiger partial charge is 0.338 e. The molecule has 1 aromatic heterocycles. The quantitative estimate of drug-likeness (QED) is 0.675. The molecule has 0 saturated heterocycles. The highest BCUT2D eigenvalue weighted by Crippen LogP contribution is 2.02. The summed E-state index contributed by atoms with van der Waals surface area (Å²) in [6, 6.07) is 0.190. The molecule has 108 valence electrons. The molecule has 0 spiro atoms. The summed E-state index contributed by atoms with van der Waals surface area (Å²) < 4.78 is 2.01. The zero-order chi connectivity index (χ0) is 13.9. The van der Waals surface area contributed by atoms with Crippen molar-refractivity contribution in [3.8, 4) is 0 Å². The fraction of sp³-hybridized carbons (Fsp3) is 0.714. The van der Waals surface area contributed by atoms with Gasteiger partial charge >= 0.3 is 6.03 Å². The van der Waals surface area contributed by atoms with Crippen molar-refractivity contribution in [3.63, 3.8) is 0 Å². The van der Waals surface area contributed by atoms with Crippen LogP contribution < -0.4 is 10.6 Å². The predicted molar refractivity (Wildman–Crippen MR) is 77.0 cm³/mol. The van der Waals surface area contributed by atoms with Crippen molar-refractivity contribution in [2.75, 3.05) is 6.54 Å². The van der Waals surface area contributed by atoms with Gasteiger partial charge < -0.3 is 15.2 Å². The molecule has 1 aromatic rings. The van der Waals surface area contributed by atoms with Gasteiger partial charge in [-0.2, -0.15) is 0 Å². The Bertz CT molecular complexity index is 337. The Hall–Kier alpha value is -1.52. The molecule has 0 saturated carbocycles. The van der Waals surface area contributed by atoms with Crippen LogP contribution in [-0.2, 0) is 6.54 Å². The third-order valence-corrected chi connectivity index (χ3v) is 3.06. The first-order valence-corrected chi connectivity index (χ1v) is 7.22. The van der Waals surface area contributed by atoms with Crippen LogP contribution in [0.3, 0.4) is 0 Å². The lowest BCUT2D eigenvalue weighted by molar-refractivity contribution is 0.236. The van der Waals surface area contributed by atoms with Crippen LogP contribution in [0.5, 0.6) is 0 Å². The first-order chi connectivity index (χ1) is 9.22. The van der Waals surface area contributed by atoms with Gasteiger partial charge in [-0.05, 0) is 19.8 Å². The van der Waals surface area contributed by atoms with E-state index in [-0.39, 0.29) is 12.1 Å². The Morgan fingerprint density at radius 2 is 2.21 bits per heavy atom. The van der Waals surface area contributed by atoms with E-state index in [1.807, 2.05) is 10.8 Å². The van der Waals surface area contributed by atoms with Crippen LogP contribution in [0.2, 0.25) is 0 Å². The van der Waals surface area contributed by atoms with Gasteiger partial charge in [0.15, 0.2) is 0 Å². The fourth-order valence-electron chi connectivity index (χ4n) is 1.93. The van der Waals surface area contributed by atoms with Crippen molar-refractivity contribution in [3.05, 3.63) is 18.7 Å². The molecule has 2 amide bonds. The second kappa shape index (κ2) is 9.42. The third-order valence-electron chi connectivity index (χ3n) is 3.06. The Kier molecular flexibility index (Phi) is 7.70. The van der Waals surface area contributed by atoms with Crippen LogP contribution >= 0.6 is 0 Å². The van der Waals surface area contributed by atoms with E-state index >= 15 is 0 Å². The number of unbranched alkanes of at least 4 members (excludes halogenated alkanes) is 2. The molecule has 19 heavy (non-hydrogen) atoms. The normalized spacial score (nSPS) is 12.1. The number of imidazole rings is 1. The Labute approximate surface area is 115 Å². The SMILES string of the molecule is CCCCCC(C)NC(=O)NCCCn1ccnc1. The first-order valence-electron chi connectivity index (χ1n) is 7.22. The second-order valence-corrected chi connectivity index (χ2v) is 4.95. The molecule has 1 heterocycles. The van der Waals surface area contributed by atoms with Gasteiger partial charge in [0.2, 0.25) is 0 Å². The molecule has 1 rings (SSSR count). The summed E-state index contributed by atoms with van der Waals surface area (Å²) in [6.07, 6.45) is 11.1. The lowest BCUT2D eigenvalue weighted by Crippen LogP contribution is -2.41. The molecule has 2 N–H and O–H groups in total. The number of aromatic nitrogens is 2. The van der Waals surface area contributed by atoms with Crippen molar-refractivity contribution >= 4 is 6.03 Å². The van der Waals surface area contributed by atoms with Crippen molar-refractivity contribution < 1.29 is 4.79 Å². The van der Waals surface area contributed by atoms with Gasteiger partial charge in [0, 0.05) is 31.5 Å². The minimum Gasteiger partial charge on any atom is -0.338 e. The number of carbonyl (C=O) groups excluding carboxylic acids is 1. The molecular formula is C14H26N4O. The van der Waals surface area contributed by atoms with E-state index in [1.54, 1.807) is 12.5 Å². The highest BCUT2D eigenvalue weighted by Gasteiger charge is 2.05. The van der Waals surface area contributed by atoms with Gasteiger partial charge in [-0.15, -0.1) is 0 Å². The van der Waals surface area contributed by atoms with Gasteiger partial charge in [-0.25, -0.2) is 9.78 Å². The minimum atomic E-state index is -0.0605. The number of rotatable bonds is 9. The maximum atomic E-state index is 11.6. The van der Waals surface area contributed by atoms with Gasteiger partial charge in [0.05, 0.1) is 6.33 Å². The highest BCUT2D eigenvalue weighted by molar-refractivity contribution is 5.74. The summed E-state index contributed by atoms with van der Waals surface area (Å²) in [4.78, 5) is 15.6. The van der Waals surface area contributed by atoms with Crippen molar-refractivity contribution in [1.29, 1.82) is 0 Å². The third kappa shape index (κ3) is 7.49. The molecule has 0 fully saturated rings. The number of hydrogen-bond acceptors (Lipinski definition) is 2. The molecule has 5 heteroatoms. The summed E-state index contributed by atoms with van der Waals surface area (Å²) in [7, 11) is 0. The van der Waals surface area contributed by atoms with E-state index in [9.17, 15) is 4.79 Å². The Balaban J connectivity index is 2.01. The zero-order valence-corrected chi connectivity index (χ0v) is 12.1. The summed E-state index contributed by atoms with van der Waals surface area (Å²) in [5, 5.41) is 5.85. The maximum absolute atomic E-state index is 11.6. The van der Waals surface area contributed by atoms with Crippen LogP contribution in [0, 0.1) is 0 Å². The number of aryl methyl sites for hydroxylation is 1. The van der Waals surface area contributed by atoms with E-state index in [1.165, 1.54) is 19.3 Å². The molecule has 1 unspecified atom stereocenters. The average Bonchev–Trinajstić information content (AvgIpc) is 2.88. The van der Waals surface area contributed by atoms with Crippen LogP contribution in [0.1, 0.15) is 46.0 Å². The van der Waals surface area contributed by atoms with Crippen LogP contribution in [0.15, 0.2) is 18.7 Å². The highest BCUT2D eigenvalue weighted by atomic mass is 16.2. The molecule has 0 aliphatic carbocycles. The monoisotopic (exact) mass is 266 g/mol. The second-order valence-electron chi connectivity index (χ2n) is 4.95. The molecule has 0 aromatic carbocycles. The van der Waals surface area contributed by atoms with Crippen LogP contribution in [0.25, 0.3) is 0 Å². The molecule has 1 atom stereocenters. The maximum Gasteiger partial charge on any atom is 0.314 e. The van der Waals surface area contributed by atoms with Gasteiger partial charge in [-0.1, -0.05) is 26.2 Å². The van der Waals surface area contributed by atoms with E-state index in [4.69, 9.17) is 0 Å². The molecule has 0 bridgehead atoms. The number of nitrogens with one attached hydrogen (secondary N) is 2. The van der Waals surface area contributed by atoms with Crippen molar-refractivity contribution in [1.82, 2.24) is 20.2 Å². The Morgan fingerprint density at radius 3 is 2.89 bits per heavy atom. The molecular weight excluding hydrogens is 240 g/mol. The summed E-state index contributed by atoms with van der Waals surface area (Å²) in [5.74, 6) is 0. The van der Waals surface area contributed by atoms with Crippen LogP contribution in [0.4, 0.5) is 4.79 Å². The molecule has 0 aliphatic heterocycles. The van der Waals surface area contributed by atoms with Crippen molar-refractivity contribution in [2.45, 2.75) is 58.5 Å². The van der Waals surface area contributed by atoms with Crippen LogP contribution in [-0.4, -0.2) is 28.2 Å². The van der Waals surface area contributed by atoms with Gasteiger partial charge in [0.25, 0.3) is 0 Å². The topological polar surface area (TPSA) is 59.0 Å². The summed E-state index contributed by atoms with van der Waals surface area (Å²) in [5.41, 5.74) is 0. The molecule has 5 nitrogen and oxygen atoms in total. The van der Waals surface area contributed by atoms with Gasteiger partial charge in [0.1, 0.15) is 0 Å². The minimum absolute atomic E-state index is 0.0605. The zero-order valence-electron chi connectivity index (χ0n) is 12.1. The molecule has 0 radical (unpaired) electrons. The van der Waals surface area contributed by atoms with Crippen molar-refractivity contribution in [2.24, 2.45) is 0 Å². The standard InChI is InChI=1S/C14H26N4O/c1-3-4-5-7-13(2)17-14(19)16-8-6-10-18-11-9-15-12-18/h9,11-13H,3-8,10H2,1-2H3,(H2,16,17,19). The number of amides is 2. The van der Waals surface area contributed by atoms with E-state index in [0.717, 1.165) is 19.4 Å². The number of nitrogens with zero attached hydrogens (tertiary/aromatic N) is 2. The number of carbonyl (C=O) groups is 1. The summed E-state index contributed by atoms with van der Waals surface area (Å²) >= 11 is 0.